The molecule has 0 radical (unpaired) electrons. The van der Waals surface area contributed by atoms with Crippen LogP contribution in [-0.2, 0) is 0 Å². The fourth-order valence-electron chi connectivity index (χ4n) is 3.30. The highest BCUT2D eigenvalue weighted by atomic mass is 15.7. The van der Waals surface area contributed by atoms with Crippen molar-refractivity contribution >= 4 is 0 Å². The van der Waals surface area contributed by atoms with Gasteiger partial charge in [-0.25, -0.2) is 10.9 Å². The third kappa shape index (κ3) is 9.48. The third-order valence-electron chi connectivity index (χ3n) is 4.99. The lowest BCUT2D eigenvalue weighted by Crippen LogP contribution is -2.30. The van der Waals surface area contributed by atoms with Crippen molar-refractivity contribution in [3.05, 3.63) is 24.9 Å². The highest BCUT2D eigenvalue weighted by Crippen LogP contribution is 2.26. The molecule has 1 atom stereocenters. The fraction of sp³-hybridized carbons (Fsp3) is 0.810. The molecule has 0 aromatic heterocycles. The molecule has 1 saturated heterocycles. The van der Waals surface area contributed by atoms with Crippen LogP contribution in [0.2, 0.25) is 0 Å². The maximum Gasteiger partial charge on any atom is 0.0997 e. The summed E-state index contributed by atoms with van der Waals surface area (Å²) in [4.78, 5) is 0. The Hall–Kier alpha value is -0.800. The highest BCUT2D eigenvalue weighted by molar-refractivity contribution is 5.09. The van der Waals surface area contributed by atoms with Gasteiger partial charge < -0.3 is 5.32 Å². The smallest absolute Gasteiger partial charge is 0.0997 e. The van der Waals surface area contributed by atoms with Crippen LogP contribution < -0.4 is 16.2 Å². The van der Waals surface area contributed by atoms with Gasteiger partial charge in [0.1, 0.15) is 0 Å². The summed E-state index contributed by atoms with van der Waals surface area (Å²) >= 11 is 0. The summed E-state index contributed by atoms with van der Waals surface area (Å²) in [7, 11) is 0. The Kier molecular flexibility index (Phi) is 11.1. The topological polar surface area (TPSA) is 55.9 Å². The molecule has 0 aromatic rings. The SMILES string of the molecule is C=CC(CCCC)NC(=C)CC1(CCCCCCCCCC)NN1. The Bertz CT molecular complexity index is 347. The minimum atomic E-state index is 0.1000. The normalized spacial score (nSPS) is 16.6. The molecular weight excluding hydrogens is 294 g/mol. The molecule has 24 heavy (non-hydrogen) atoms. The molecule has 0 aliphatic carbocycles. The van der Waals surface area contributed by atoms with Crippen LogP contribution in [0, 0.1) is 0 Å². The van der Waals surface area contributed by atoms with E-state index in [1.54, 1.807) is 0 Å². The van der Waals surface area contributed by atoms with Gasteiger partial charge in [-0.1, -0.05) is 90.7 Å². The van der Waals surface area contributed by atoms with Crippen molar-refractivity contribution < 1.29 is 0 Å². The molecule has 3 heteroatoms. The quantitative estimate of drug-likeness (QED) is 0.185. The van der Waals surface area contributed by atoms with Crippen LogP contribution in [0.5, 0.6) is 0 Å². The lowest BCUT2D eigenvalue weighted by atomic mass is 9.99. The van der Waals surface area contributed by atoms with E-state index in [2.05, 4.69) is 43.2 Å². The summed E-state index contributed by atoms with van der Waals surface area (Å²) < 4.78 is 0. The van der Waals surface area contributed by atoms with Crippen molar-refractivity contribution in [3.63, 3.8) is 0 Å². The highest BCUT2D eigenvalue weighted by Gasteiger charge is 2.41. The number of rotatable bonds is 17. The van der Waals surface area contributed by atoms with E-state index in [1.807, 2.05) is 6.08 Å². The van der Waals surface area contributed by atoms with E-state index in [-0.39, 0.29) is 5.66 Å². The molecule has 0 spiro atoms. The van der Waals surface area contributed by atoms with Gasteiger partial charge in [0, 0.05) is 18.2 Å². The first kappa shape index (κ1) is 21.2. The Balaban J connectivity index is 2.11. The van der Waals surface area contributed by atoms with Crippen molar-refractivity contribution in [3.8, 4) is 0 Å². The van der Waals surface area contributed by atoms with E-state index in [0.717, 1.165) is 18.5 Å². The maximum absolute atomic E-state index is 4.22. The van der Waals surface area contributed by atoms with Crippen molar-refractivity contribution in [2.45, 2.75) is 109 Å². The van der Waals surface area contributed by atoms with E-state index >= 15 is 0 Å². The molecule has 3 nitrogen and oxygen atoms in total. The largest absolute Gasteiger partial charge is 0.383 e. The van der Waals surface area contributed by atoms with E-state index in [1.165, 1.54) is 70.6 Å². The van der Waals surface area contributed by atoms with Gasteiger partial charge in [0.25, 0.3) is 0 Å². The first-order valence-electron chi connectivity index (χ1n) is 10.3. The number of unbranched alkanes of at least 4 members (excludes halogenated alkanes) is 8. The van der Waals surface area contributed by atoms with E-state index in [9.17, 15) is 0 Å². The molecule has 140 valence electrons. The molecule has 1 fully saturated rings. The lowest BCUT2D eigenvalue weighted by Gasteiger charge is -2.20. The lowest BCUT2D eigenvalue weighted by molar-refractivity contribution is 0.471. The van der Waals surface area contributed by atoms with Crippen LogP contribution in [-0.4, -0.2) is 11.7 Å². The molecule has 1 aliphatic heterocycles. The second-order valence-corrected chi connectivity index (χ2v) is 7.47. The van der Waals surface area contributed by atoms with E-state index < -0.39 is 0 Å². The molecule has 1 rings (SSSR count). The molecule has 3 N–H and O–H groups in total. The first-order chi connectivity index (χ1) is 11.7. The van der Waals surface area contributed by atoms with Gasteiger partial charge in [0.15, 0.2) is 0 Å². The van der Waals surface area contributed by atoms with Crippen molar-refractivity contribution in [1.82, 2.24) is 16.2 Å². The van der Waals surface area contributed by atoms with Crippen LogP contribution in [0.15, 0.2) is 24.9 Å². The zero-order valence-electron chi connectivity index (χ0n) is 16.3. The first-order valence-corrected chi connectivity index (χ1v) is 10.3. The second-order valence-electron chi connectivity index (χ2n) is 7.47. The zero-order chi connectivity index (χ0) is 17.7. The van der Waals surface area contributed by atoms with E-state index in [4.69, 9.17) is 0 Å². The number of hydrogen-bond donors (Lipinski definition) is 3. The second kappa shape index (κ2) is 12.5. The van der Waals surface area contributed by atoms with Gasteiger partial charge in [-0.05, 0) is 12.8 Å². The fourth-order valence-corrected chi connectivity index (χ4v) is 3.30. The van der Waals surface area contributed by atoms with Gasteiger partial charge in [0.2, 0.25) is 0 Å². The molecule has 1 unspecified atom stereocenters. The van der Waals surface area contributed by atoms with Gasteiger partial charge in [-0.15, -0.1) is 6.58 Å². The van der Waals surface area contributed by atoms with Crippen LogP contribution >= 0.6 is 0 Å². The predicted octanol–water partition coefficient (Wildman–Crippen LogP) is 5.56. The monoisotopic (exact) mass is 335 g/mol. The molecule has 0 aromatic carbocycles. The van der Waals surface area contributed by atoms with Gasteiger partial charge in [-0.3, -0.25) is 0 Å². The zero-order valence-corrected chi connectivity index (χ0v) is 16.3. The van der Waals surface area contributed by atoms with Crippen molar-refractivity contribution in [2.24, 2.45) is 0 Å². The molecule has 0 saturated carbocycles. The summed E-state index contributed by atoms with van der Waals surface area (Å²) in [5.41, 5.74) is 7.93. The number of nitrogens with one attached hydrogen (secondary N) is 3. The minimum Gasteiger partial charge on any atom is -0.383 e. The molecule has 0 amide bonds. The molecule has 1 heterocycles. The molecule has 0 bridgehead atoms. The summed E-state index contributed by atoms with van der Waals surface area (Å²) in [5.74, 6) is 0. The Labute approximate surface area is 150 Å². The molecular formula is C21H41N3. The Morgan fingerprint density at radius 2 is 1.54 bits per heavy atom. The van der Waals surface area contributed by atoms with Gasteiger partial charge >= 0.3 is 0 Å². The summed E-state index contributed by atoms with van der Waals surface area (Å²) in [6.45, 7) is 12.7. The Morgan fingerprint density at radius 1 is 0.958 bits per heavy atom. The van der Waals surface area contributed by atoms with Gasteiger partial charge in [-0.2, -0.15) is 0 Å². The summed E-state index contributed by atoms with van der Waals surface area (Å²) in [5, 5.41) is 3.54. The third-order valence-corrected chi connectivity index (χ3v) is 4.99. The van der Waals surface area contributed by atoms with Crippen LogP contribution in [0.4, 0.5) is 0 Å². The average molecular weight is 336 g/mol. The summed E-state index contributed by atoms with van der Waals surface area (Å²) in [6.07, 6.45) is 18.8. The van der Waals surface area contributed by atoms with Crippen molar-refractivity contribution in [1.29, 1.82) is 0 Å². The van der Waals surface area contributed by atoms with Crippen LogP contribution in [0.3, 0.4) is 0 Å². The van der Waals surface area contributed by atoms with Crippen molar-refractivity contribution in [2.75, 3.05) is 0 Å². The predicted molar refractivity (Wildman–Crippen MR) is 107 cm³/mol. The summed E-state index contributed by atoms with van der Waals surface area (Å²) in [6, 6.07) is 0.358. The average Bonchev–Trinajstić information content (AvgIpc) is 3.33. The van der Waals surface area contributed by atoms with Crippen LogP contribution in [0.1, 0.15) is 97.3 Å². The maximum atomic E-state index is 4.22. The number of hydrazine groups is 1. The minimum absolute atomic E-state index is 0.1000. The van der Waals surface area contributed by atoms with E-state index in [0.29, 0.717) is 6.04 Å². The van der Waals surface area contributed by atoms with Crippen LogP contribution in [0.25, 0.3) is 0 Å². The Morgan fingerprint density at radius 3 is 2.08 bits per heavy atom. The molecule has 1 aliphatic rings. The number of hydrogen-bond acceptors (Lipinski definition) is 3. The van der Waals surface area contributed by atoms with Gasteiger partial charge in [0.05, 0.1) is 5.66 Å². The standard InChI is InChI=1S/C21H41N3/c1-5-8-10-11-12-13-14-15-17-21(23-24-21)18-19(4)22-20(7-3)16-9-6-2/h7,20,22-24H,3-6,8-18H2,1-2H3.